The first-order chi connectivity index (χ1) is 14.3. The summed E-state index contributed by atoms with van der Waals surface area (Å²) in [6.45, 7) is 6.77. The molecule has 29 heavy (non-hydrogen) atoms. The van der Waals surface area contributed by atoms with Gasteiger partial charge in [0.05, 0.1) is 0 Å². The lowest BCUT2D eigenvalue weighted by molar-refractivity contribution is 0.452. The lowest BCUT2D eigenvalue weighted by Crippen LogP contribution is -2.21. The van der Waals surface area contributed by atoms with E-state index in [0.717, 1.165) is 17.9 Å². The minimum Gasteiger partial charge on any atom is -0.346 e. The third-order valence-corrected chi connectivity index (χ3v) is 10.7. The molecule has 2 fully saturated rings. The number of nitrogens with zero attached hydrogens (tertiary/aromatic N) is 2. The van der Waals surface area contributed by atoms with E-state index in [1.54, 1.807) is 5.56 Å². The van der Waals surface area contributed by atoms with E-state index in [4.69, 9.17) is 0 Å². The second kappa shape index (κ2) is 10.9. The molecule has 0 aromatic heterocycles. The van der Waals surface area contributed by atoms with Gasteiger partial charge in [0, 0.05) is 24.6 Å². The van der Waals surface area contributed by atoms with Crippen LogP contribution in [0.3, 0.4) is 0 Å². The molecule has 3 aliphatic rings. The Labute approximate surface area is 180 Å². The molecule has 2 aliphatic carbocycles. The molecule has 1 aromatic rings. The third-order valence-electron chi connectivity index (χ3n) is 7.05. The van der Waals surface area contributed by atoms with Gasteiger partial charge < -0.3 is 9.80 Å². The van der Waals surface area contributed by atoms with Gasteiger partial charge in [-0.15, -0.1) is 0 Å². The molecule has 2 nitrogen and oxygen atoms in total. The maximum atomic E-state index is 3.47. The molecule has 1 aromatic carbocycles. The Hall–Kier alpha value is -1.01. The highest BCUT2D eigenvalue weighted by Gasteiger charge is 2.31. The van der Waals surface area contributed by atoms with Crippen LogP contribution in [0.2, 0.25) is 0 Å². The Morgan fingerprint density at radius 2 is 1.48 bits per heavy atom. The molecule has 0 N–H and O–H groups in total. The first-order valence-corrected chi connectivity index (χ1v) is 13.8. The molecule has 2 saturated carbocycles. The molecule has 158 valence electrons. The van der Waals surface area contributed by atoms with Crippen LogP contribution in [0.1, 0.15) is 89.5 Å². The van der Waals surface area contributed by atoms with Crippen LogP contribution in [0.25, 0.3) is 0 Å². The summed E-state index contributed by atoms with van der Waals surface area (Å²) in [5.41, 5.74) is 4.89. The maximum Gasteiger partial charge on any atom is 0.212 e. The van der Waals surface area contributed by atoms with E-state index in [-0.39, 0.29) is 7.92 Å². The normalized spacial score (nSPS) is 21.4. The van der Waals surface area contributed by atoms with Crippen molar-refractivity contribution in [1.29, 1.82) is 0 Å². The van der Waals surface area contributed by atoms with E-state index < -0.39 is 0 Å². The van der Waals surface area contributed by atoms with E-state index in [9.17, 15) is 0 Å². The van der Waals surface area contributed by atoms with Gasteiger partial charge in [-0.1, -0.05) is 71.9 Å². The third kappa shape index (κ3) is 5.78. The molecule has 3 heteroatoms. The Balaban J connectivity index is 1.38. The number of benzene rings is 1. The highest BCUT2D eigenvalue weighted by atomic mass is 31.1. The molecule has 0 amide bonds. The van der Waals surface area contributed by atoms with E-state index in [1.165, 1.54) is 88.9 Å². The number of unbranched alkanes of at least 4 members (excludes halogenated alkanes) is 1. The Kier molecular flexibility index (Phi) is 7.94. The lowest BCUT2D eigenvalue weighted by Gasteiger charge is -2.38. The molecule has 2 radical (unpaired) electrons. The summed E-state index contributed by atoms with van der Waals surface area (Å²) < 4.78 is 0. The summed E-state index contributed by atoms with van der Waals surface area (Å²) in [5.74, 6) is 0. The van der Waals surface area contributed by atoms with Crippen LogP contribution in [-0.4, -0.2) is 22.8 Å². The predicted molar refractivity (Wildman–Crippen MR) is 127 cm³/mol. The summed E-state index contributed by atoms with van der Waals surface area (Å²) in [7, 11) is 0.141. The molecule has 0 unspecified atom stereocenters. The molecule has 0 bridgehead atoms. The van der Waals surface area contributed by atoms with Crippen molar-refractivity contribution < 1.29 is 0 Å². The standard InChI is InChI=1S/C26H39N2P/c1-2-3-18-27-19-20-28(22-27)24-16-14-23(15-17-24)21-29(25-10-6-4-7-11-25)26-12-8-5-9-13-26/h14-17,19-20,25-26H,2-13,18,21H2,1H3. The van der Waals surface area contributed by atoms with E-state index in [0.29, 0.717) is 0 Å². The van der Waals surface area contributed by atoms with Gasteiger partial charge in [0.25, 0.3) is 0 Å². The average molecular weight is 411 g/mol. The fourth-order valence-electron chi connectivity index (χ4n) is 5.30. The van der Waals surface area contributed by atoms with Crippen LogP contribution in [0.4, 0.5) is 5.69 Å². The minimum absolute atomic E-state index is 0.141. The predicted octanol–water partition coefficient (Wildman–Crippen LogP) is 7.72. The van der Waals surface area contributed by atoms with Gasteiger partial charge in [0.2, 0.25) is 6.67 Å². The highest BCUT2D eigenvalue weighted by molar-refractivity contribution is 7.58. The monoisotopic (exact) mass is 410 g/mol. The van der Waals surface area contributed by atoms with Crippen LogP contribution in [-0.2, 0) is 6.16 Å². The Morgan fingerprint density at radius 3 is 2.07 bits per heavy atom. The fraction of sp³-hybridized carbons (Fsp3) is 0.654. The zero-order chi connectivity index (χ0) is 19.9. The molecule has 4 rings (SSSR count). The number of anilines is 1. The van der Waals surface area contributed by atoms with Crippen LogP contribution < -0.4 is 4.90 Å². The molecule has 0 atom stereocenters. The van der Waals surface area contributed by atoms with E-state index in [1.807, 2.05) is 0 Å². The molecule has 0 saturated heterocycles. The smallest absolute Gasteiger partial charge is 0.212 e. The SMILES string of the molecule is CCCCN1[C]N(c2ccc(CP(C3CCCCC3)C3CCCCC3)cc2)C=C1. The minimum atomic E-state index is 0.141. The summed E-state index contributed by atoms with van der Waals surface area (Å²) in [6, 6.07) is 9.43. The van der Waals surface area contributed by atoms with Gasteiger partial charge in [-0.3, -0.25) is 0 Å². The Morgan fingerprint density at radius 1 is 0.862 bits per heavy atom. The summed E-state index contributed by atoms with van der Waals surface area (Å²) in [6.07, 6.45) is 23.0. The quantitative estimate of drug-likeness (QED) is 0.405. The van der Waals surface area contributed by atoms with Crippen molar-refractivity contribution in [3.05, 3.63) is 48.9 Å². The first kappa shape index (κ1) is 21.2. The molecule has 0 spiro atoms. The molecular weight excluding hydrogens is 371 g/mol. The fourth-order valence-corrected chi connectivity index (χ4v) is 9.11. The Bertz CT molecular complexity index is 611. The molecular formula is C26H39N2P. The van der Waals surface area contributed by atoms with Crippen molar-refractivity contribution in [2.45, 2.75) is 101 Å². The number of hydrogen-bond acceptors (Lipinski definition) is 2. The van der Waals surface area contributed by atoms with E-state index >= 15 is 0 Å². The zero-order valence-corrected chi connectivity index (χ0v) is 19.3. The summed E-state index contributed by atoms with van der Waals surface area (Å²) >= 11 is 0. The maximum absolute atomic E-state index is 3.47. The van der Waals surface area contributed by atoms with Crippen molar-refractivity contribution in [2.75, 3.05) is 11.4 Å². The molecule has 1 aliphatic heterocycles. The second-order valence-corrected chi connectivity index (χ2v) is 12.0. The molecule has 1 heterocycles. The lowest BCUT2D eigenvalue weighted by atomic mass is 9.99. The summed E-state index contributed by atoms with van der Waals surface area (Å²) in [4.78, 5) is 4.33. The van der Waals surface area contributed by atoms with Gasteiger partial charge >= 0.3 is 0 Å². The van der Waals surface area contributed by atoms with Crippen molar-refractivity contribution in [2.24, 2.45) is 0 Å². The van der Waals surface area contributed by atoms with Gasteiger partial charge in [-0.05, 0) is 67.3 Å². The number of hydrogen-bond donors (Lipinski definition) is 0. The topological polar surface area (TPSA) is 6.48 Å². The zero-order valence-electron chi connectivity index (χ0n) is 18.4. The van der Waals surface area contributed by atoms with Gasteiger partial charge in [-0.25, -0.2) is 0 Å². The largest absolute Gasteiger partial charge is 0.346 e. The second-order valence-electron chi connectivity index (χ2n) is 9.24. The number of rotatable bonds is 8. The average Bonchev–Trinajstić information content (AvgIpc) is 3.27. The van der Waals surface area contributed by atoms with Gasteiger partial charge in [0.1, 0.15) is 0 Å². The van der Waals surface area contributed by atoms with E-state index in [2.05, 4.69) is 60.1 Å². The van der Waals surface area contributed by atoms with Crippen LogP contribution >= 0.6 is 7.92 Å². The highest BCUT2D eigenvalue weighted by Crippen LogP contribution is 2.57. The van der Waals surface area contributed by atoms with Crippen molar-refractivity contribution in [3.8, 4) is 0 Å². The van der Waals surface area contributed by atoms with Crippen molar-refractivity contribution in [1.82, 2.24) is 4.90 Å². The van der Waals surface area contributed by atoms with Crippen LogP contribution in [0.15, 0.2) is 36.7 Å². The van der Waals surface area contributed by atoms with Crippen molar-refractivity contribution >= 4 is 13.6 Å². The first-order valence-electron chi connectivity index (χ1n) is 12.2. The van der Waals surface area contributed by atoms with Crippen molar-refractivity contribution in [3.63, 3.8) is 0 Å². The van der Waals surface area contributed by atoms with Gasteiger partial charge in [-0.2, -0.15) is 0 Å². The van der Waals surface area contributed by atoms with Crippen LogP contribution in [0.5, 0.6) is 0 Å². The van der Waals surface area contributed by atoms with Gasteiger partial charge in [0.15, 0.2) is 0 Å². The van der Waals surface area contributed by atoms with Crippen LogP contribution in [0, 0.1) is 6.67 Å². The summed E-state index contributed by atoms with van der Waals surface area (Å²) in [5, 5.41) is 0.